The first-order valence-corrected chi connectivity index (χ1v) is 6.84. The molecule has 2 rings (SSSR count). The molecule has 4 heteroatoms. The van der Waals surface area contributed by atoms with Gasteiger partial charge in [-0.1, -0.05) is 26.2 Å². The van der Waals surface area contributed by atoms with E-state index in [-0.39, 0.29) is 0 Å². The van der Waals surface area contributed by atoms with Crippen molar-refractivity contribution >= 4 is 5.82 Å². The molecule has 100 valence electrons. The Balaban J connectivity index is 2.12. The van der Waals surface area contributed by atoms with Crippen LogP contribution in [0.2, 0.25) is 0 Å². The molecule has 1 aliphatic carbocycles. The van der Waals surface area contributed by atoms with Crippen molar-refractivity contribution in [2.24, 2.45) is 5.92 Å². The molecule has 18 heavy (non-hydrogen) atoms. The van der Waals surface area contributed by atoms with Crippen LogP contribution in [0.1, 0.15) is 44.6 Å². The molecule has 0 radical (unpaired) electrons. The highest BCUT2D eigenvalue weighted by molar-refractivity contribution is 5.48. The first kappa shape index (κ1) is 13.1. The predicted molar refractivity (Wildman–Crippen MR) is 73.0 cm³/mol. The summed E-state index contributed by atoms with van der Waals surface area (Å²) in [6.45, 7) is 4.33. The van der Waals surface area contributed by atoms with E-state index in [1.54, 1.807) is 13.4 Å². The summed E-state index contributed by atoms with van der Waals surface area (Å²) in [4.78, 5) is 8.46. The first-order chi connectivity index (χ1) is 8.72. The minimum absolute atomic E-state index is 0.519. The van der Waals surface area contributed by atoms with Gasteiger partial charge in [-0.2, -0.15) is 0 Å². The molecule has 0 aromatic carbocycles. The average molecular weight is 249 g/mol. The number of hydrogen-bond donors (Lipinski definition) is 1. The quantitative estimate of drug-likeness (QED) is 0.836. The molecule has 1 N–H and O–H groups in total. The third kappa shape index (κ3) is 2.92. The van der Waals surface area contributed by atoms with Crippen LogP contribution in [-0.4, -0.2) is 23.1 Å². The number of ether oxygens (including phenoxy) is 1. The molecule has 0 amide bonds. The Morgan fingerprint density at radius 1 is 1.22 bits per heavy atom. The molecule has 4 nitrogen and oxygen atoms in total. The zero-order valence-corrected chi connectivity index (χ0v) is 11.6. The number of nitrogens with zero attached hydrogens (tertiary/aromatic N) is 2. The van der Waals surface area contributed by atoms with Crippen molar-refractivity contribution in [1.82, 2.24) is 9.97 Å². The topological polar surface area (TPSA) is 47.0 Å². The maximum absolute atomic E-state index is 5.24. The molecule has 0 saturated heterocycles. The summed E-state index contributed by atoms with van der Waals surface area (Å²) in [5.41, 5.74) is 0.997. The largest absolute Gasteiger partial charge is 0.481 e. The van der Waals surface area contributed by atoms with E-state index in [2.05, 4.69) is 22.2 Å². The standard InChI is InChI=1S/C14H23N3O/c1-10-7-5-4-6-8-12(10)17-13-11(2)14(18-3)16-9-15-13/h9-10,12H,4-8H2,1-3H3,(H,15,16,17). The van der Waals surface area contributed by atoms with Gasteiger partial charge in [-0.15, -0.1) is 0 Å². The Bertz CT molecular complexity index is 395. The van der Waals surface area contributed by atoms with Crippen molar-refractivity contribution < 1.29 is 4.74 Å². The second-order valence-corrected chi connectivity index (χ2v) is 5.22. The number of hydrogen-bond acceptors (Lipinski definition) is 4. The second kappa shape index (κ2) is 6.03. The van der Waals surface area contributed by atoms with Crippen molar-refractivity contribution in [3.05, 3.63) is 11.9 Å². The summed E-state index contributed by atoms with van der Waals surface area (Å²) in [6.07, 6.45) is 8.12. The van der Waals surface area contributed by atoms with Crippen molar-refractivity contribution in [3.63, 3.8) is 0 Å². The van der Waals surface area contributed by atoms with Crippen molar-refractivity contribution in [2.75, 3.05) is 12.4 Å². The highest BCUT2D eigenvalue weighted by atomic mass is 16.5. The Morgan fingerprint density at radius 3 is 2.78 bits per heavy atom. The van der Waals surface area contributed by atoms with E-state index in [0.717, 1.165) is 11.4 Å². The van der Waals surface area contributed by atoms with Crippen LogP contribution in [0.3, 0.4) is 0 Å². The summed E-state index contributed by atoms with van der Waals surface area (Å²) in [5, 5.41) is 3.58. The van der Waals surface area contributed by atoms with Gasteiger partial charge in [-0.3, -0.25) is 0 Å². The van der Waals surface area contributed by atoms with Crippen LogP contribution < -0.4 is 10.1 Å². The maximum atomic E-state index is 5.24. The Kier molecular flexibility index (Phi) is 4.39. The summed E-state index contributed by atoms with van der Waals surface area (Å²) in [6, 6.07) is 0.519. The van der Waals surface area contributed by atoms with Gasteiger partial charge in [-0.25, -0.2) is 9.97 Å². The molecule has 0 spiro atoms. The zero-order valence-electron chi connectivity index (χ0n) is 11.6. The average Bonchev–Trinajstić information content (AvgIpc) is 2.57. The number of aromatic nitrogens is 2. The fraction of sp³-hybridized carbons (Fsp3) is 0.714. The van der Waals surface area contributed by atoms with Gasteiger partial charge in [0.05, 0.1) is 12.7 Å². The highest BCUT2D eigenvalue weighted by Crippen LogP contribution is 2.27. The van der Waals surface area contributed by atoms with E-state index in [1.807, 2.05) is 6.92 Å². The van der Waals surface area contributed by atoms with Crippen molar-refractivity contribution in [3.8, 4) is 5.88 Å². The lowest BCUT2D eigenvalue weighted by Gasteiger charge is -2.24. The molecule has 1 saturated carbocycles. The normalized spacial score (nSPS) is 24.4. The van der Waals surface area contributed by atoms with Crippen LogP contribution in [0.5, 0.6) is 5.88 Å². The van der Waals surface area contributed by atoms with Gasteiger partial charge in [0.15, 0.2) is 0 Å². The maximum Gasteiger partial charge on any atom is 0.221 e. The summed E-state index contributed by atoms with van der Waals surface area (Å²) < 4.78 is 5.24. The molecule has 0 aliphatic heterocycles. The minimum atomic E-state index is 0.519. The van der Waals surface area contributed by atoms with Crippen LogP contribution in [0.4, 0.5) is 5.82 Å². The monoisotopic (exact) mass is 249 g/mol. The molecule has 1 fully saturated rings. The van der Waals surface area contributed by atoms with Gasteiger partial charge in [0.2, 0.25) is 5.88 Å². The summed E-state index contributed by atoms with van der Waals surface area (Å²) in [7, 11) is 1.65. The smallest absolute Gasteiger partial charge is 0.221 e. The van der Waals surface area contributed by atoms with Gasteiger partial charge in [0.25, 0.3) is 0 Å². The van der Waals surface area contributed by atoms with E-state index >= 15 is 0 Å². The molecular formula is C14H23N3O. The van der Waals surface area contributed by atoms with Gasteiger partial charge in [0, 0.05) is 6.04 Å². The molecular weight excluding hydrogens is 226 g/mol. The third-order valence-corrected chi connectivity index (χ3v) is 3.91. The van der Waals surface area contributed by atoms with E-state index < -0.39 is 0 Å². The SMILES string of the molecule is COc1ncnc(NC2CCCCCC2C)c1C. The fourth-order valence-corrected chi connectivity index (χ4v) is 2.67. The van der Waals surface area contributed by atoms with Crippen molar-refractivity contribution in [2.45, 2.75) is 52.0 Å². The van der Waals surface area contributed by atoms with Crippen LogP contribution in [0.15, 0.2) is 6.33 Å². The van der Waals surface area contributed by atoms with Crippen LogP contribution in [0.25, 0.3) is 0 Å². The van der Waals surface area contributed by atoms with E-state index in [9.17, 15) is 0 Å². The predicted octanol–water partition coefficient (Wildman–Crippen LogP) is 3.17. The molecule has 1 aliphatic rings. The number of rotatable bonds is 3. The van der Waals surface area contributed by atoms with Crippen LogP contribution in [0, 0.1) is 12.8 Å². The molecule has 1 aromatic rings. The second-order valence-electron chi connectivity index (χ2n) is 5.22. The Morgan fingerprint density at radius 2 is 2.00 bits per heavy atom. The lowest BCUT2D eigenvalue weighted by atomic mass is 9.97. The molecule has 1 aromatic heterocycles. The van der Waals surface area contributed by atoms with E-state index in [0.29, 0.717) is 17.8 Å². The molecule has 2 unspecified atom stereocenters. The third-order valence-electron chi connectivity index (χ3n) is 3.91. The number of nitrogens with one attached hydrogen (secondary N) is 1. The van der Waals surface area contributed by atoms with Gasteiger partial charge in [-0.05, 0) is 25.7 Å². The molecule has 2 atom stereocenters. The lowest BCUT2D eigenvalue weighted by molar-refractivity contribution is 0.393. The van der Waals surface area contributed by atoms with Gasteiger partial charge >= 0.3 is 0 Å². The van der Waals surface area contributed by atoms with E-state index in [4.69, 9.17) is 4.74 Å². The number of methoxy groups -OCH3 is 1. The Hall–Kier alpha value is -1.32. The van der Waals surface area contributed by atoms with Gasteiger partial charge < -0.3 is 10.1 Å². The van der Waals surface area contributed by atoms with Crippen molar-refractivity contribution in [1.29, 1.82) is 0 Å². The zero-order chi connectivity index (χ0) is 13.0. The first-order valence-electron chi connectivity index (χ1n) is 6.84. The highest BCUT2D eigenvalue weighted by Gasteiger charge is 2.21. The summed E-state index contributed by atoms with van der Waals surface area (Å²) >= 11 is 0. The lowest BCUT2D eigenvalue weighted by Crippen LogP contribution is -2.27. The van der Waals surface area contributed by atoms with Crippen LogP contribution in [-0.2, 0) is 0 Å². The van der Waals surface area contributed by atoms with Gasteiger partial charge in [0.1, 0.15) is 12.1 Å². The fourth-order valence-electron chi connectivity index (χ4n) is 2.67. The van der Waals surface area contributed by atoms with E-state index in [1.165, 1.54) is 32.1 Å². The minimum Gasteiger partial charge on any atom is -0.481 e. The van der Waals surface area contributed by atoms with Crippen LogP contribution >= 0.6 is 0 Å². The summed E-state index contributed by atoms with van der Waals surface area (Å²) in [5.74, 6) is 2.28. The molecule has 0 bridgehead atoms. The molecule has 1 heterocycles. The Labute approximate surface area is 109 Å². The number of anilines is 1.